The van der Waals surface area contributed by atoms with Gasteiger partial charge in [-0.25, -0.2) is 4.98 Å². The number of aromatic nitrogens is 2. The molecule has 0 saturated heterocycles. The highest BCUT2D eigenvalue weighted by Crippen LogP contribution is 2.22. The molecule has 0 atom stereocenters. The van der Waals surface area contributed by atoms with Gasteiger partial charge in [-0.3, -0.25) is 4.79 Å². The van der Waals surface area contributed by atoms with Gasteiger partial charge in [0.05, 0.1) is 10.7 Å². The lowest BCUT2D eigenvalue weighted by atomic mass is 10.1. The van der Waals surface area contributed by atoms with Gasteiger partial charge >= 0.3 is 0 Å². The van der Waals surface area contributed by atoms with Crippen LogP contribution in [0.25, 0.3) is 22.2 Å². The number of carbonyl (C=O) groups is 1. The maximum absolute atomic E-state index is 12.4. The Morgan fingerprint density at radius 2 is 1.89 bits per heavy atom. The quantitative estimate of drug-likeness (QED) is 0.518. The van der Waals surface area contributed by atoms with Crippen LogP contribution in [-0.2, 0) is 17.8 Å². The van der Waals surface area contributed by atoms with Gasteiger partial charge in [0.1, 0.15) is 6.54 Å². The largest absolute Gasteiger partial charge is 0.354 e. The number of para-hydroxylation sites is 1. The van der Waals surface area contributed by atoms with E-state index < -0.39 is 0 Å². The zero-order valence-corrected chi connectivity index (χ0v) is 16.9. The van der Waals surface area contributed by atoms with Crippen LogP contribution in [0.1, 0.15) is 16.3 Å². The molecule has 1 N–H and O–H groups in total. The monoisotopic (exact) mass is 389 g/mol. The summed E-state index contributed by atoms with van der Waals surface area (Å²) < 4.78 is 2.06. The summed E-state index contributed by atoms with van der Waals surface area (Å²) in [6.07, 6.45) is 0.813. The second kappa shape index (κ2) is 7.98. The molecule has 2 heterocycles. The Labute approximate surface area is 168 Å². The summed E-state index contributed by atoms with van der Waals surface area (Å²) in [6, 6.07) is 18.7. The van der Waals surface area contributed by atoms with E-state index in [2.05, 4.69) is 62.7 Å². The van der Waals surface area contributed by atoms with E-state index >= 15 is 0 Å². The van der Waals surface area contributed by atoms with E-state index in [0.717, 1.165) is 33.9 Å². The van der Waals surface area contributed by atoms with E-state index in [4.69, 9.17) is 0 Å². The lowest BCUT2D eigenvalue weighted by Gasteiger charge is -2.10. The normalized spacial score (nSPS) is 11.1. The van der Waals surface area contributed by atoms with Gasteiger partial charge in [-0.2, -0.15) is 0 Å². The highest BCUT2D eigenvalue weighted by molar-refractivity contribution is 7.09. The van der Waals surface area contributed by atoms with Gasteiger partial charge in [0, 0.05) is 28.7 Å². The van der Waals surface area contributed by atoms with Gasteiger partial charge < -0.3 is 9.88 Å². The summed E-state index contributed by atoms with van der Waals surface area (Å²) in [6.45, 7) is 5.04. The molecule has 0 spiro atoms. The lowest BCUT2D eigenvalue weighted by Crippen LogP contribution is -2.29. The summed E-state index contributed by atoms with van der Waals surface area (Å²) in [5, 5.41) is 7.37. The maximum Gasteiger partial charge on any atom is 0.239 e. The molecule has 0 aliphatic rings. The van der Waals surface area contributed by atoms with Crippen molar-refractivity contribution in [2.75, 3.05) is 6.54 Å². The molecule has 0 radical (unpaired) electrons. The predicted octanol–water partition coefficient (Wildman–Crippen LogP) is 4.74. The molecule has 1 amide bonds. The van der Waals surface area contributed by atoms with Gasteiger partial charge in [-0.1, -0.05) is 42.5 Å². The van der Waals surface area contributed by atoms with E-state index in [1.807, 2.05) is 26.0 Å². The molecule has 2 aromatic carbocycles. The molecule has 0 unspecified atom stereocenters. The number of amides is 1. The minimum absolute atomic E-state index is 0.0408. The van der Waals surface area contributed by atoms with Crippen molar-refractivity contribution in [3.05, 3.63) is 76.2 Å². The van der Waals surface area contributed by atoms with Crippen molar-refractivity contribution in [3.63, 3.8) is 0 Å². The zero-order chi connectivity index (χ0) is 19.5. The van der Waals surface area contributed by atoms with Crippen molar-refractivity contribution in [3.8, 4) is 11.3 Å². The van der Waals surface area contributed by atoms with Crippen molar-refractivity contribution in [1.29, 1.82) is 0 Å². The van der Waals surface area contributed by atoms with Crippen LogP contribution in [0.3, 0.4) is 0 Å². The molecule has 0 aliphatic heterocycles. The molecule has 5 heteroatoms. The van der Waals surface area contributed by atoms with E-state index in [9.17, 15) is 4.79 Å². The van der Waals surface area contributed by atoms with Crippen molar-refractivity contribution < 1.29 is 4.79 Å². The summed E-state index contributed by atoms with van der Waals surface area (Å²) in [5.74, 6) is 0.0408. The molecule has 4 aromatic rings. The van der Waals surface area contributed by atoms with Crippen molar-refractivity contribution in [1.82, 2.24) is 14.9 Å². The number of fused-ring (bicyclic) bond motifs is 1. The SMILES string of the molecule is Cc1nc(-c2ccc(CCNC(=O)Cn3c(C)cc4ccccc43)cc2)cs1. The third kappa shape index (κ3) is 3.99. The Bertz CT molecular complexity index is 1110. The van der Waals surface area contributed by atoms with Crippen LogP contribution >= 0.6 is 11.3 Å². The van der Waals surface area contributed by atoms with Crippen molar-refractivity contribution >= 4 is 28.1 Å². The fourth-order valence-corrected chi connectivity index (χ4v) is 4.06. The van der Waals surface area contributed by atoms with Crippen LogP contribution < -0.4 is 5.32 Å². The number of hydrogen-bond donors (Lipinski definition) is 1. The first-order valence-electron chi connectivity index (χ1n) is 9.43. The van der Waals surface area contributed by atoms with Crippen LogP contribution in [0.2, 0.25) is 0 Å². The molecule has 0 aliphatic carbocycles. The number of nitrogens with zero attached hydrogens (tertiary/aromatic N) is 2. The fraction of sp³-hybridized carbons (Fsp3) is 0.217. The predicted molar refractivity (Wildman–Crippen MR) is 116 cm³/mol. The van der Waals surface area contributed by atoms with Crippen LogP contribution in [-0.4, -0.2) is 22.0 Å². The second-order valence-electron chi connectivity index (χ2n) is 6.98. The lowest BCUT2D eigenvalue weighted by molar-refractivity contribution is -0.121. The van der Waals surface area contributed by atoms with E-state index in [1.165, 1.54) is 10.9 Å². The number of rotatable bonds is 6. The molecule has 2 aromatic heterocycles. The topological polar surface area (TPSA) is 46.9 Å². The van der Waals surface area contributed by atoms with E-state index in [-0.39, 0.29) is 5.91 Å². The number of thiazole rings is 1. The van der Waals surface area contributed by atoms with Gasteiger partial charge in [0.15, 0.2) is 0 Å². The average Bonchev–Trinajstić information content (AvgIpc) is 3.26. The Balaban J connectivity index is 1.32. The van der Waals surface area contributed by atoms with Gasteiger partial charge in [0.25, 0.3) is 0 Å². The molecule has 0 fully saturated rings. The summed E-state index contributed by atoms with van der Waals surface area (Å²) in [7, 11) is 0. The molecule has 28 heavy (non-hydrogen) atoms. The summed E-state index contributed by atoms with van der Waals surface area (Å²) in [5.41, 5.74) is 5.56. The first kappa shape index (κ1) is 18.4. The third-order valence-electron chi connectivity index (χ3n) is 4.92. The number of aryl methyl sites for hydroxylation is 2. The summed E-state index contributed by atoms with van der Waals surface area (Å²) >= 11 is 1.66. The molecule has 142 valence electrons. The molecular weight excluding hydrogens is 366 g/mol. The Kier molecular flexibility index (Phi) is 5.26. The number of hydrogen-bond acceptors (Lipinski definition) is 3. The Morgan fingerprint density at radius 3 is 2.64 bits per heavy atom. The average molecular weight is 390 g/mol. The first-order valence-corrected chi connectivity index (χ1v) is 10.3. The van der Waals surface area contributed by atoms with Crippen LogP contribution in [0.4, 0.5) is 0 Å². The third-order valence-corrected chi connectivity index (χ3v) is 5.70. The zero-order valence-electron chi connectivity index (χ0n) is 16.1. The summed E-state index contributed by atoms with van der Waals surface area (Å²) in [4.78, 5) is 16.9. The standard InChI is InChI=1S/C23H23N3OS/c1-16-13-20-5-3-4-6-22(20)26(16)14-23(27)24-12-11-18-7-9-19(10-8-18)21-15-28-17(2)25-21/h3-10,13,15H,11-12,14H2,1-2H3,(H,24,27). The molecule has 4 rings (SSSR count). The Hall–Kier alpha value is -2.92. The van der Waals surface area contributed by atoms with Gasteiger partial charge in [0.2, 0.25) is 5.91 Å². The molecule has 4 nitrogen and oxygen atoms in total. The second-order valence-corrected chi connectivity index (χ2v) is 8.04. The minimum Gasteiger partial charge on any atom is -0.354 e. The van der Waals surface area contributed by atoms with Crippen molar-refractivity contribution in [2.45, 2.75) is 26.8 Å². The van der Waals surface area contributed by atoms with Crippen LogP contribution in [0.15, 0.2) is 60.0 Å². The van der Waals surface area contributed by atoms with Gasteiger partial charge in [-0.05, 0) is 43.4 Å². The number of nitrogens with one attached hydrogen (secondary N) is 1. The van der Waals surface area contributed by atoms with Crippen LogP contribution in [0.5, 0.6) is 0 Å². The number of benzene rings is 2. The highest BCUT2D eigenvalue weighted by Gasteiger charge is 2.09. The molecule has 0 bridgehead atoms. The smallest absolute Gasteiger partial charge is 0.239 e. The van der Waals surface area contributed by atoms with E-state index in [0.29, 0.717) is 13.1 Å². The molecule has 0 saturated carbocycles. The van der Waals surface area contributed by atoms with E-state index in [1.54, 1.807) is 11.3 Å². The Morgan fingerprint density at radius 1 is 1.11 bits per heavy atom. The number of carbonyl (C=O) groups excluding carboxylic acids is 1. The fourth-order valence-electron chi connectivity index (χ4n) is 3.44. The maximum atomic E-state index is 12.4. The minimum atomic E-state index is 0.0408. The highest BCUT2D eigenvalue weighted by atomic mass is 32.1. The van der Waals surface area contributed by atoms with Crippen molar-refractivity contribution in [2.24, 2.45) is 0 Å². The first-order chi connectivity index (χ1) is 13.6. The molecular formula is C23H23N3OS. The van der Waals surface area contributed by atoms with Gasteiger partial charge in [-0.15, -0.1) is 11.3 Å². The van der Waals surface area contributed by atoms with Crippen LogP contribution in [0, 0.1) is 13.8 Å².